The van der Waals surface area contributed by atoms with Gasteiger partial charge in [-0.25, -0.2) is 0 Å². The van der Waals surface area contributed by atoms with Crippen molar-refractivity contribution in [3.63, 3.8) is 0 Å². The summed E-state index contributed by atoms with van der Waals surface area (Å²) in [5, 5.41) is 66.7. The Morgan fingerprint density at radius 1 is 0.650 bits per heavy atom. The smallest absolute Gasteiger partial charge is 0.0821 e. The van der Waals surface area contributed by atoms with Crippen LogP contribution in [0.25, 0.3) is 0 Å². The van der Waals surface area contributed by atoms with Crippen LogP contribution in [0.15, 0.2) is 0 Å². The molecule has 0 saturated heterocycles. The van der Waals surface area contributed by atoms with Crippen LogP contribution < -0.4 is 0 Å². The van der Waals surface area contributed by atoms with Gasteiger partial charge in [0.2, 0.25) is 0 Å². The van der Waals surface area contributed by atoms with E-state index in [1.54, 1.807) is 0 Å². The molecule has 8 heteroatoms. The first kappa shape index (κ1) is 24.7. The maximum absolute atomic E-state index is 8.91. The van der Waals surface area contributed by atoms with Gasteiger partial charge < -0.3 is 40.9 Å². The van der Waals surface area contributed by atoms with Crippen molar-refractivity contribution in [2.24, 2.45) is 0 Å². The molecule has 0 aromatic rings. The van der Waals surface area contributed by atoms with Crippen molar-refractivity contribution in [2.75, 3.05) is 19.8 Å². The Hall–Kier alpha value is -0.320. The normalized spacial score (nSPS) is 17.6. The van der Waals surface area contributed by atoms with E-state index in [2.05, 4.69) is 0 Å². The van der Waals surface area contributed by atoms with E-state index >= 15 is 0 Å². The molecule has 0 saturated carbocycles. The van der Waals surface area contributed by atoms with Crippen LogP contribution in [0.1, 0.15) is 27.2 Å². The molecule has 0 rings (SSSR count). The molecule has 0 aliphatic heterocycles. The van der Waals surface area contributed by atoms with Crippen molar-refractivity contribution in [3.05, 3.63) is 0 Å². The fraction of sp³-hybridized carbons (Fsp3) is 1.00. The van der Waals surface area contributed by atoms with Crippen molar-refractivity contribution in [1.29, 1.82) is 0 Å². The minimum Gasteiger partial charge on any atom is -0.394 e. The molecule has 8 N–H and O–H groups in total. The van der Waals surface area contributed by atoms with E-state index in [1.165, 1.54) is 20.8 Å². The third kappa shape index (κ3) is 26.3. The maximum Gasteiger partial charge on any atom is 0.0821 e. The molecule has 126 valence electrons. The van der Waals surface area contributed by atoms with Gasteiger partial charge >= 0.3 is 0 Å². The fourth-order valence-electron chi connectivity index (χ4n) is 0.550. The summed E-state index contributed by atoms with van der Waals surface area (Å²) in [7, 11) is 0. The summed E-state index contributed by atoms with van der Waals surface area (Å²) in [5.74, 6) is 0. The van der Waals surface area contributed by atoms with Crippen LogP contribution in [-0.4, -0.2) is 91.2 Å². The maximum atomic E-state index is 8.91. The summed E-state index contributed by atoms with van der Waals surface area (Å²) in [6.45, 7) is 3.82. The lowest BCUT2D eigenvalue weighted by molar-refractivity contribution is -0.0157. The van der Waals surface area contributed by atoms with Crippen molar-refractivity contribution in [2.45, 2.75) is 57.7 Å². The van der Waals surface area contributed by atoms with E-state index in [0.717, 1.165) is 0 Å². The van der Waals surface area contributed by atoms with Crippen LogP contribution in [-0.2, 0) is 0 Å². The number of aliphatic hydroxyl groups excluding tert-OH is 8. The zero-order valence-corrected chi connectivity index (χ0v) is 12.3. The predicted octanol–water partition coefficient (Wildman–Crippen LogP) is -2.81. The number of aliphatic hydroxyl groups is 8. The Morgan fingerprint density at radius 3 is 1.10 bits per heavy atom. The van der Waals surface area contributed by atoms with Gasteiger partial charge in [0.25, 0.3) is 0 Å². The lowest BCUT2D eigenvalue weighted by atomic mass is 10.1. The molecule has 0 fully saturated rings. The molecule has 20 heavy (non-hydrogen) atoms. The topological polar surface area (TPSA) is 162 Å². The minimum atomic E-state index is -0.956. The molecule has 8 nitrogen and oxygen atoms in total. The molecule has 0 amide bonds. The Labute approximate surface area is 119 Å². The van der Waals surface area contributed by atoms with Crippen LogP contribution in [0.4, 0.5) is 0 Å². The first-order valence-electron chi connectivity index (χ1n) is 6.35. The summed E-state index contributed by atoms with van der Waals surface area (Å²) in [6.07, 6.45) is -3.87. The van der Waals surface area contributed by atoms with Crippen LogP contribution in [0, 0.1) is 0 Å². The molecule has 5 atom stereocenters. The van der Waals surface area contributed by atoms with Crippen LogP contribution in [0.5, 0.6) is 0 Å². The molecule has 5 unspecified atom stereocenters. The third-order valence-electron chi connectivity index (χ3n) is 1.81. The van der Waals surface area contributed by atoms with E-state index in [0.29, 0.717) is 0 Å². The van der Waals surface area contributed by atoms with Gasteiger partial charge in [-0.15, -0.1) is 0 Å². The van der Waals surface area contributed by atoms with Gasteiger partial charge in [0.15, 0.2) is 0 Å². The fourth-order valence-corrected chi connectivity index (χ4v) is 0.550. The molecule has 0 spiro atoms. The number of rotatable bonds is 6. The van der Waals surface area contributed by atoms with Gasteiger partial charge in [-0.3, -0.25) is 0 Å². The first-order valence-corrected chi connectivity index (χ1v) is 6.35. The highest BCUT2D eigenvalue weighted by Gasteiger charge is 2.14. The Bertz CT molecular complexity index is 167. The summed E-state index contributed by atoms with van der Waals surface area (Å²) < 4.78 is 0. The zero-order chi connectivity index (χ0) is 16.7. The van der Waals surface area contributed by atoms with E-state index in [4.69, 9.17) is 40.9 Å². The third-order valence-corrected chi connectivity index (χ3v) is 1.81. The first-order chi connectivity index (χ1) is 9.11. The van der Waals surface area contributed by atoms with Crippen molar-refractivity contribution in [3.8, 4) is 0 Å². The Morgan fingerprint density at radius 2 is 0.950 bits per heavy atom. The lowest BCUT2D eigenvalue weighted by Gasteiger charge is -2.15. The van der Waals surface area contributed by atoms with Crippen molar-refractivity contribution in [1.82, 2.24) is 0 Å². The second-order valence-corrected chi connectivity index (χ2v) is 4.44. The average molecular weight is 302 g/mol. The van der Waals surface area contributed by atoms with E-state index in [9.17, 15) is 0 Å². The summed E-state index contributed by atoms with van der Waals surface area (Å²) in [4.78, 5) is 0. The highest BCUT2D eigenvalue weighted by atomic mass is 16.3. The summed E-state index contributed by atoms with van der Waals surface area (Å²) in [5.41, 5.74) is 0. The van der Waals surface area contributed by atoms with Crippen LogP contribution >= 0.6 is 0 Å². The van der Waals surface area contributed by atoms with Gasteiger partial charge in [0.1, 0.15) is 0 Å². The second kappa shape index (κ2) is 16.7. The van der Waals surface area contributed by atoms with Crippen molar-refractivity contribution >= 4 is 0 Å². The largest absolute Gasteiger partial charge is 0.394 e. The molecular formula is C12H30O8. The molecule has 0 aromatic carbocycles. The lowest BCUT2D eigenvalue weighted by Crippen LogP contribution is -2.29. The molecule has 0 aliphatic rings. The van der Waals surface area contributed by atoms with Gasteiger partial charge in [-0.1, -0.05) is 0 Å². The molecule has 0 heterocycles. The molecule has 0 aliphatic carbocycles. The Balaban J connectivity index is -0.000000244. The quantitative estimate of drug-likeness (QED) is 0.261. The second-order valence-electron chi connectivity index (χ2n) is 4.44. The van der Waals surface area contributed by atoms with E-state index in [1.807, 2.05) is 0 Å². The SMILES string of the molecule is CC(O)C(O)CC(O)CO.CC(O)CO.CC(O)CO. The summed E-state index contributed by atoms with van der Waals surface area (Å²) in [6, 6.07) is 0. The standard InChI is InChI=1S/C6H14O4.2C3H8O2/c1-4(8)6(10)2-5(9)3-7;2*1-3(5)2-4/h4-10H,2-3H2,1H3;2*3-5H,2H2,1H3. The predicted molar refractivity (Wildman–Crippen MR) is 72.9 cm³/mol. The molecule has 0 aromatic heterocycles. The molecular weight excluding hydrogens is 272 g/mol. The van der Waals surface area contributed by atoms with Gasteiger partial charge in [-0.2, -0.15) is 0 Å². The van der Waals surface area contributed by atoms with Crippen LogP contribution in [0.3, 0.4) is 0 Å². The minimum absolute atomic E-state index is 0.00810. The molecule has 0 bridgehead atoms. The van der Waals surface area contributed by atoms with E-state index in [-0.39, 0.29) is 26.2 Å². The monoisotopic (exact) mass is 302 g/mol. The average Bonchev–Trinajstić information content (AvgIpc) is 2.39. The number of hydrogen-bond donors (Lipinski definition) is 8. The zero-order valence-electron chi connectivity index (χ0n) is 12.3. The van der Waals surface area contributed by atoms with E-state index < -0.39 is 30.5 Å². The molecule has 0 radical (unpaired) electrons. The number of hydrogen-bond acceptors (Lipinski definition) is 8. The summed E-state index contributed by atoms with van der Waals surface area (Å²) >= 11 is 0. The highest BCUT2D eigenvalue weighted by Crippen LogP contribution is 2.01. The Kier molecular flexibility index (Phi) is 20.7. The van der Waals surface area contributed by atoms with Gasteiger partial charge in [0, 0.05) is 6.42 Å². The highest BCUT2D eigenvalue weighted by molar-refractivity contribution is 4.66. The van der Waals surface area contributed by atoms with Gasteiger partial charge in [-0.05, 0) is 20.8 Å². The van der Waals surface area contributed by atoms with Gasteiger partial charge in [0.05, 0.1) is 50.3 Å². The van der Waals surface area contributed by atoms with Crippen LogP contribution in [0.2, 0.25) is 0 Å². The van der Waals surface area contributed by atoms with Crippen molar-refractivity contribution < 1.29 is 40.9 Å².